The van der Waals surface area contributed by atoms with Gasteiger partial charge in [-0.05, 0) is 12.8 Å². The molecule has 0 radical (unpaired) electrons. The highest BCUT2D eigenvalue weighted by molar-refractivity contribution is 5.73. The van der Waals surface area contributed by atoms with Crippen molar-refractivity contribution < 1.29 is 63.9 Å². The number of esters is 1. The van der Waals surface area contributed by atoms with Crippen molar-refractivity contribution in [3.8, 4) is 0 Å². The Labute approximate surface area is 221 Å². The molecule has 0 bridgehead atoms. The molecule has 2 aliphatic heterocycles. The molecule has 7 N–H and O–H groups in total. The highest BCUT2D eigenvalue weighted by Gasteiger charge is 2.51. The lowest BCUT2D eigenvalue weighted by Gasteiger charge is -2.47. The van der Waals surface area contributed by atoms with Crippen LogP contribution in [0.15, 0.2) is 0 Å². The number of amides is 1. The molecule has 0 saturated carbocycles. The first-order valence-electron chi connectivity index (χ1n) is 13.0. The smallest absolute Gasteiger partial charge is 0.305 e. The maximum Gasteiger partial charge on any atom is 0.305 e. The molecule has 0 aromatic carbocycles. The maximum atomic E-state index is 11.7. The van der Waals surface area contributed by atoms with Crippen LogP contribution in [0.3, 0.4) is 0 Å². The zero-order valence-electron chi connectivity index (χ0n) is 21.9. The van der Waals surface area contributed by atoms with Crippen LogP contribution in [0, 0.1) is 0 Å². The minimum absolute atomic E-state index is 0.219. The summed E-state index contributed by atoms with van der Waals surface area (Å²) in [6.07, 6.45) is -7.34. The molecule has 0 aromatic heterocycles. The van der Waals surface area contributed by atoms with Crippen LogP contribution in [0.5, 0.6) is 0 Å². The van der Waals surface area contributed by atoms with Crippen molar-refractivity contribution in [3.63, 3.8) is 0 Å². The number of carbonyl (C=O) groups is 2. The Morgan fingerprint density at radius 3 is 1.97 bits per heavy atom. The third kappa shape index (κ3) is 9.33. The first-order chi connectivity index (χ1) is 18.1. The van der Waals surface area contributed by atoms with Crippen molar-refractivity contribution in [2.75, 3.05) is 26.9 Å². The van der Waals surface area contributed by atoms with Crippen molar-refractivity contribution in [2.45, 2.75) is 113 Å². The molecular formula is C24H43NO13. The fourth-order valence-corrected chi connectivity index (χ4v) is 4.47. The second-order valence-electron chi connectivity index (χ2n) is 9.56. The number of rotatable bonds is 15. The normalized spacial score (nSPS) is 35.6. The standard InChI is InChI=1S/C24H43NO13/c1-13(28)25-17-20(32)18(30)14(11-26)36-23(17)38-22-19(31)15(12-27)37-24(21(22)33)35-10-8-6-4-3-5-7-9-16(29)34-2/h14-15,17-24,26-27,30-33H,3-12H2,1-2H3,(H,25,28)/t14-,15-,17-,18+,19+,20-,21-,22+,23-,24-/m1/s1. The van der Waals surface area contributed by atoms with Gasteiger partial charge in [-0.2, -0.15) is 0 Å². The summed E-state index contributed by atoms with van der Waals surface area (Å²) in [5, 5.41) is 63.7. The van der Waals surface area contributed by atoms with Gasteiger partial charge in [-0.25, -0.2) is 0 Å². The van der Waals surface area contributed by atoms with E-state index < -0.39 is 80.5 Å². The van der Waals surface area contributed by atoms with E-state index >= 15 is 0 Å². The fraction of sp³-hybridized carbons (Fsp3) is 0.917. The number of carbonyl (C=O) groups excluding carboxylic acids is 2. The second-order valence-corrected chi connectivity index (χ2v) is 9.56. The molecule has 2 fully saturated rings. The summed E-state index contributed by atoms with van der Waals surface area (Å²) in [6, 6.07) is -1.29. The Morgan fingerprint density at radius 2 is 1.37 bits per heavy atom. The van der Waals surface area contributed by atoms with Gasteiger partial charge in [-0.1, -0.05) is 25.7 Å². The average molecular weight is 554 g/mol. The van der Waals surface area contributed by atoms with E-state index in [1.165, 1.54) is 14.0 Å². The molecule has 38 heavy (non-hydrogen) atoms. The maximum absolute atomic E-state index is 11.7. The quantitative estimate of drug-likeness (QED) is 0.0838. The van der Waals surface area contributed by atoms with Crippen LogP contribution < -0.4 is 5.32 Å². The van der Waals surface area contributed by atoms with Gasteiger partial charge in [-0.3, -0.25) is 9.59 Å². The summed E-state index contributed by atoms with van der Waals surface area (Å²) in [5.41, 5.74) is 0. The minimum atomic E-state index is -1.58. The predicted octanol–water partition coefficient (Wildman–Crippen LogP) is -2.33. The number of hydrogen-bond acceptors (Lipinski definition) is 13. The van der Waals surface area contributed by atoms with Gasteiger partial charge in [0.1, 0.15) is 48.8 Å². The second kappa shape index (κ2) is 16.6. The number of aliphatic hydroxyl groups excluding tert-OH is 6. The van der Waals surface area contributed by atoms with Crippen LogP contribution in [0.1, 0.15) is 51.9 Å². The molecule has 14 heteroatoms. The lowest BCUT2D eigenvalue weighted by molar-refractivity contribution is -0.347. The van der Waals surface area contributed by atoms with E-state index in [4.69, 9.17) is 18.9 Å². The summed E-state index contributed by atoms with van der Waals surface area (Å²) in [4.78, 5) is 22.8. The van der Waals surface area contributed by atoms with Gasteiger partial charge in [0.25, 0.3) is 0 Å². The first-order valence-corrected chi connectivity index (χ1v) is 13.0. The Kier molecular flexibility index (Phi) is 14.3. The highest BCUT2D eigenvalue weighted by atomic mass is 16.7. The molecule has 2 aliphatic rings. The van der Waals surface area contributed by atoms with Crippen LogP contribution in [0.25, 0.3) is 0 Å². The van der Waals surface area contributed by atoms with Gasteiger partial charge < -0.3 is 59.6 Å². The van der Waals surface area contributed by atoms with Crippen LogP contribution in [-0.2, 0) is 33.3 Å². The van der Waals surface area contributed by atoms with E-state index in [1.54, 1.807) is 0 Å². The fourth-order valence-electron chi connectivity index (χ4n) is 4.47. The number of aliphatic hydroxyl groups is 6. The molecule has 14 nitrogen and oxygen atoms in total. The Hall–Kier alpha value is -1.46. The van der Waals surface area contributed by atoms with Gasteiger partial charge in [0.2, 0.25) is 5.91 Å². The lowest BCUT2D eigenvalue weighted by Crippen LogP contribution is -2.67. The minimum Gasteiger partial charge on any atom is -0.469 e. The van der Waals surface area contributed by atoms with E-state index in [1.807, 2.05) is 0 Å². The van der Waals surface area contributed by atoms with Crippen molar-refractivity contribution in [3.05, 3.63) is 0 Å². The molecule has 0 spiro atoms. The number of methoxy groups -OCH3 is 1. The van der Waals surface area contributed by atoms with Gasteiger partial charge in [0.15, 0.2) is 12.6 Å². The Balaban J connectivity index is 1.92. The van der Waals surface area contributed by atoms with Crippen LogP contribution in [0.4, 0.5) is 0 Å². The zero-order chi connectivity index (χ0) is 28.2. The van der Waals surface area contributed by atoms with E-state index in [-0.39, 0.29) is 12.6 Å². The summed E-state index contributed by atoms with van der Waals surface area (Å²) in [6.45, 7) is 0.123. The van der Waals surface area contributed by atoms with Gasteiger partial charge in [0, 0.05) is 20.0 Å². The predicted molar refractivity (Wildman–Crippen MR) is 128 cm³/mol. The lowest BCUT2D eigenvalue weighted by atomic mass is 9.95. The number of ether oxygens (including phenoxy) is 5. The van der Waals surface area contributed by atoms with Crippen LogP contribution in [-0.4, -0.2) is 131 Å². The third-order valence-electron chi connectivity index (χ3n) is 6.65. The van der Waals surface area contributed by atoms with Crippen LogP contribution >= 0.6 is 0 Å². The number of unbranched alkanes of at least 4 members (excludes halogenated alkanes) is 5. The topological polar surface area (TPSA) is 214 Å². The SMILES string of the molecule is COC(=O)CCCCCCCCO[C@@H]1O[C@H](CO)[C@H](O)[C@H](O[C@H]2O[C@H](CO)[C@H](O)[C@H](O)[C@H]2NC(C)=O)[C@H]1O. The van der Waals surface area contributed by atoms with Gasteiger partial charge in [0.05, 0.1) is 20.3 Å². The summed E-state index contributed by atoms with van der Waals surface area (Å²) < 4.78 is 27.1. The molecule has 0 unspecified atom stereocenters. The molecule has 10 atom stereocenters. The van der Waals surface area contributed by atoms with E-state index in [9.17, 15) is 40.2 Å². The Bertz CT molecular complexity index is 713. The molecule has 2 rings (SSSR count). The molecule has 2 saturated heterocycles. The largest absolute Gasteiger partial charge is 0.469 e. The summed E-state index contributed by atoms with van der Waals surface area (Å²) in [7, 11) is 1.36. The first kappa shape index (κ1) is 32.8. The third-order valence-corrected chi connectivity index (χ3v) is 6.65. The van der Waals surface area contributed by atoms with Crippen molar-refractivity contribution >= 4 is 11.9 Å². The van der Waals surface area contributed by atoms with Crippen LogP contribution in [0.2, 0.25) is 0 Å². The molecule has 2 heterocycles. The summed E-state index contributed by atoms with van der Waals surface area (Å²) >= 11 is 0. The highest BCUT2D eigenvalue weighted by Crippen LogP contribution is 2.29. The number of nitrogens with one attached hydrogen (secondary N) is 1. The zero-order valence-corrected chi connectivity index (χ0v) is 21.9. The molecule has 1 amide bonds. The van der Waals surface area contributed by atoms with E-state index in [0.29, 0.717) is 12.8 Å². The van der Waals surface area contributed by atoms with Crippen molar-refractivity contribution in [1.29, 1.82) is 0 Å². The summed E-state index contributed by atoms with van der Waals surface area (Å²) in [5.74, 6) is -0.785. The van der Waals surface area contributed by atoms with E-state index in [2.05, 4.69) is 10.1 Å². The number of hydrogen-bond donors (Lipinski definition) is 7. The Morgan fingerprint density at radius 1 is 0.789 bits per heavy atom. The molecular weight excluding hydrogens is 510 g/mol. The van der Waals surface area contributed by atoms with Crippen molar-refractivity contribution in [1.82, 2.24) is 5.32 Å². The van der Waals surface area contributed by atoms with Crippen molar-refractivity contribution in [2.24, 2.45) is 0 Å². The molecule has 222 valence electrons. The van der Waals surface area contributed by atoms with Gasteiger partial charge in [-0.15, -0.1) is 0 Å². The molecule has 0 aromatic rings. The van der Waals surface area contributed by atoms with Gasteiger partial charge >= 0.3 is 5.97 Å². The molecule has 0 aliphatic carbocycles. The monoisotopic (exact) mass is 553 g/mol. The van der Waals surface area contributed by atoms with E-state index in [0.717, 1.165) is 32.1 Å². The average Bonchev–Trinajstić information content (AvgIpc) is 2.89.